The Kier molecular flexibility index (Phi) is 9.86. The van der Waals surface area contributed by atoms with Gasteiger partial charge in [0.25, 0.3) is 0 Å². The number of hydrogen-bond donors (Lipinski definition) is 0. The highest BCUT2D eigenvalue weighted by molar-refractivity contribution is 7.33. The molecule has 0 aromatic carbocycles. The Labute approximate surface area is 102 Å². The fourth-order valence-electron chi connectivity index (χ4n) is 0.773. The van der Waals surface area contributed by atoms with E-state index in [-0.39, 0.29) is 13.2 Å². The fourth-order valence-corrected chi connectivity index (χ4v) is 1.30. The SMILES string of the molecule is CC=CC(=O)OCCO[P+](=O)OCCN(C)C. The molecule has 0 bridgehead atoms. The zero-order chi connectivity index (χ0) is 13.1. The zero-order valence-electron chi connectivity index (χ0n) is 10.4. The molecule has 0 aliphatic carbocycles. The van der Waals surface area contributed by atoms with Crippen LogP contribution in [0.5, 0.6) is 0 Å². The Morgan fingerprint density at radius 1 is 1.24 bits per heavy atom. The van der Waals surface area contributed by atoms with Gasteiger partial charge in [-0.3, -0.25) is 0 Å². The predicted octanol–water partition coefficient (Wildman–Crippen LogP) is 1.36. The molecule has 0 saturated heterocycles. The van der Waals surface area contributed by atoms with Gasteiger partial charge < -0.3 is 9.64 Å². The molecule has 0 aliphatic heterocycles. The summed E-state index contributed by atoms with van der Waals surface area (Å²) in [6.45, 7) is 2.83. The van der Waals surface area contributed by atoms with Gasteiger partial charge in [-0.05, 0) is 21.0 Å². The van der Waals surface area contributed by atoms with E-state index in [1.807, 2.05) is 19.0 Å². The van der Waals surface area contributed by atoms with Crippen molar-refractivity contribution < 1.29 is 23.1 Å². The van der Waals surface area contributed by atoms with Crippen LogP contribution in [0.2, 0.25) is 0 Å². The Morgan fingerprint density at radius 2 is 1.88 bits per heavy atom. The van der Waals surface area contributed by atoms with E-state index in [1.54, 1.807) is 13.0 Å². The highest BCUT2D eigenvalue weighted by Crippen LogP contribution is 2.22. The number of nitrogens with zero attached hydrogens (tertiary/aromatic N) is 1. The van der Waals surface area contributed by atoms with Crippen LogP contribution in [-0.4, -0.2) is 51.3 Å². The van der Waals surface area contributed by atoms with Crippen LogP contribution in [0.3, 0.4) is 0 Å². The minimum Gasteiger partial charge on any atom is -0.460 e. The molecule has 0 rings (SSSR count). The number of likely N-dealkylation sites (N-methyl/N-ethyl adjacent to an activating group) is 1. The topological polar surface area (TPSA) is 65.1 Å². The molecule has 1 atom stereocenters. The van der Waals surface area contributed by atoms with Crippen LogP contribution in [0.4, 0.5) is 0 Å². The smallest absolute Gasteiger partial charge is 0.460 e. The van der Waals surface area contributed by atoms with Gasteiger partial charge in [-0.25, -0.2) is 4.79 Å². The largest absolute Gasteiger partial charge is 0.697 e. The third-order valence-electron chi connectivity index (χ3n) is 1.56. The molecular weight excluding hydrogens is 245 g/mol. The third-order valence-corrected chi connectivity index (χ3v) is 2.35. The van der Waals surface area contributed by atoms with Gasteiger partial charge in [0.2, 0.25) is 0 Å². The lowest BCUT2D eigenvalue weighted by Gasteiger charge is -2.04. The van der Waals surface area contributed by atoms with Crippen LogP contribution in [-0.2, 0) is 23.1 Å². The van der Waals surface area contributed by atoms with Crippen molar-refractivity contribution in [2.45, 2.75) is 6.92 Å². The van der Waals surface area contributed by atoms with Crippen LogP contribution >= 0.6 is 8.25 Å². The van der Waals surface area contributed by atoms with Gasteiger partial charge in [-0.15, -0.1) is 9.05 Å². The first-order valence-corrected chi connectivity index (χ1v) is 6.33. The Bertz CT molecular complexity index is 267. The van der Waals surface area contributed by atoms with E-state index in [9.17, 15) is 9.36 Å². The minimum absolute atomic E-state index is 0.0560. The lowest BCUT2D eigenvalue weighted by molar-refractivity contribution is -0.138. The third kappa shape index (κ3) is 11.5. The molecule has 17 heavy (non-hydrogen) atoms. The van der Waals surface area contributed by atoms with Crippen molar-refractivity contribution in [2.75, 3.05) is 40.5 Å². The lowest BCUT2D eigenvalue weighted by Crippen LogP contribution is -2.16. The van der Waals surface area contributed by atoms with E-state index in [1.165, 1.54) is 6.08 Å². The summed E-state index contributed by atoms with van der Waals surface area (Å²) in [5.41, 5.74) is 0. The second kappa shape index (κ2) is 10.4. The van der Waals surface area contributed by atoms with Crippen molar-refractivity contribution in [1.29, 1.82) is 0 Å². The molecule has 0 amide bonds. The van der Waals surface area contributed by atoms with Crippen molar-refractivity contribution in [3.63, 3.8) is 0 Å². The molecule has 7 heteroatoms. The first-order chi connectivity index (χ1) is 8.06. The molecular formula is C10H19NO5P+. The summed E-state index contributed by atoms with van der Waals surface area (Å²) in [4.78, 5) is 12.8. The number of hydrogen-bond acceptors (Lipinski definition) is 6. The monoisotopic (exact) mass is 264 g/mol. The van der Waals surface area contributed by atoms with Crippen LogP contribution in [0.15, 0.2) is 12.2 Å². The molecule has 0 aliphatic rings. The van der Waals surface area contributed by atoms with Gasteiger partial charge in [0.1, 0.15) is 19.8 Å². The van der Waals surface area contributed by atoms with Crippen molar-refractivity contribution in [2.24, 2.45) is 0 Å². The maximum atomic E-state index is 11.1. The van der Waals surface area contributed by atoms with Crippen LogP contribution in [0.1, 0.15) is 6.92 Å². The molecule has 0 aromatic heterocycles. The number of esters is 1. The first kappa shape index (κ1) is 16.2. The summed E-state index contributed by atoms with van der Waals surface area (Å²) in [6, 6.07) is 0. The first-order valence-electron chi connectivity index (χ1n) is 5.23. The minimum atomic E-state index is -2.14. The van der Waals surface area contributed by atoms with Gasteiger partial charge in [0.05, 0.1) is 0 Å². The van der Waals surface area contributed by atoms with E-state index < -0.39 is 14.2 Å². The Hall–Kier alpha value is -0.810. The van der Waals surface area contributed by atoms with Crippen LogP contribution < -0.4 is 0 Å². The highest BCUT2D eigenvalue weighted by Gasteiger charge is 2.19. The summed E-state index contributed by atoms with van der Waals surface area (Å²) in [6.07, 6.45) is 2.88. The summed E-state index contributed by atoms with van der Waals surface area (Å²) in [5.74, 6) is -0.445. The molecule has 1 unspecified atom stereocenters. The lowest BCUT2D eigenvalue weighted by atomic mass is 10.5. The standard InChI is InChI=1S/C10H19NO5P/c1-4-5-10(12)14-8-9-16-17(13)15-7-6-11(2)3/h4-5H,6-9H2,1-3H3/q+1. The van der Waals surface area contributed by atoms with Gasteiger partial charge in [0, 0.05) is 17.2 Å². The molecule has 0 saturated carbocycles. The molecule has 0 N–H and O–H groups in total. The van der Waals surface area contributed by atoms with Gasteiger partial charge >= 0.3 is 14.2 Å². The quantitative estimate of drug-likeness (QED) is 0.271. The van der Waals surface area contributed by atoms with Crippen molar-refractivity contribution in [3.05, 3.63) is 12.2 Å². The molecule has 0 spiro atoms. The van der Waals surface area contributed by atoms with E-state index in [0.717, 1.165) is 0 Å². The molecule has 98 valence electrons. The van der Waals surface area contributed by atoms with E-state index in [4.69, 9.17) is 13.8 Å². The number of allylic oxidation sites excluding steroid dienone is 1. The Morgan fingerprint density at radius 3 is 2.47 bits per heavy atom. The van der Waals surface area contributed by atoms with Gasteiger partial charge in [0.15, 0.2) is 0 Å². The van der Waals surface area contributed by atoms with Crippen molar-refractivity contribution >= 4 is 14.2 Å². The average molecular weight is 264 g/mol. The molecule has 6 nitrogen and oxygen atoms in total. The van der Waals surface area contributed by atoms with E-state index in [2.05, 4.69) is 0 Å². The van der Waals surface area contributed by atoms with Crippen molar-refractivity contribution in [1.82, 2.24) is 4.90 Å². The van der Waals surface area contributed by atoms with Crippen LogP contribution in [0, 0.1) is 0 Å². The summed E-state index contributed by atoms with van der Waals surface area (Å²) >= 11 is 0. The fraction of sp³-hybridized carbons (Fsp3) is 0.700. The van der Waals surface area contributed by atoms with Gasteiger partial charge in [-0.1, -0.05) is 6.08 Å². The highest BCUT2D eigenvalue weighted by atomic mass is 31.1. The molecule has 0 fully saturated rings. The second-order valence-electron chi connectivity index (χ2n) is 3.36. The summed E-state index contributed by atoms with van der Waals surface area (Å²) in [7, 11) is 1.64. The summed E-state index contributed by atoms with van der Waals surface area (Å²) < 4.78 is 25.6. The predicted molar refractivity (Wildman–Crippen MR) is 63.8 cm³/mol. The Balaban J connectivity index is 3.42. The summed E-state index contributed by atoms with van der Waals surface area (Å²) in [5, 5.41) is 0. The number of carbonyl (C=O) groups is 1. The maximum Gasteiger partial charge on any atom is 0.697 e. The van der Waals surface area contributed by atoms with Crippen molar-refractivity contribution in [3.8, 4) is 0 Å². The normalized spacial score (nSPS) is 12.1. The average Bonchev–Trinajstić information content (AvgIpc) is 2.24. The van der Waals surface area contributed by atoms with E-state index in [0.29, 0.717) is 13.2 Å². The number of ether oxygens (including phenoxy) is 1. The molecule has 0 radical (unpaired) electrons. The van der Waals surface area contributed by atoms with E-state index >= 15 is 0 Å². The number of carbonyl (C=O) groups excluding carboxylic acids is 1. The zero-order valence-corrected chi connectivity index (χ0v) is 11.3. The number of rotatable bonds is 9. The van der Waals surface area contributed by atoms with Crippen LogP contribution in [0.25, 0.3) is 0 Å². The second-order valence-corrected chi connectivity index (χ2v) is 4.32. The van der Waals surface area contributed by atoms with Gasteiger partial charge in [-0.2, -0.15) is 0 Å². The molecule has 0 heterocycles. The maximum absolute atomic E-state index is 11.1. The molecule has 0 aromatic rings.